The van der Waals surface area contributed by atoms with Crippen LogP contribution in [0.2, 0.25) is 5.02 Å². The highest BCUT2D eigenvalue weighted by molar-refractivity contribution is 6.30. The van der Waals surface area contributed by atoms with E-state index in [-0.39, 0.29) is 12.1 Å². The number of halogens is 1. The summed E-state index contributed by atoms with van der Waals surface area (Å²) in [6, 6.07) is 8.33. The van der Waals surface area contributed by atoms with Crippen LogP contribution in [0.5, 0.6) is 0 Å². The van der Waals surface area contributed by atoms with Gasteiger partial charge in [0, 0.05) is 17.6 Å². The fourth-order valence-corrected chi connectivity index (χ4v) is 3.39. The maximum absolute atomic E-state index is 12.7. The Morgan fingerprint density at radius 1 is 1.29 bits per heavy atom. The highest BCUT2D eigenvalue weighted by atomic mass is 35.5. The van der Waals surface area contributed by atoms with E-state index in [0.717, 1.165) is 30.7 Å². The number of nitrogens with zero attached hydrogens (tertiary/aromatic N) is 1. The fourth-order valence-electron chi connectivity index (χ4n) is 3.26. The highest BCUT2D eigenvalue weighted by Gasteiger charge is 2.35. The van der Waals surface area contributed by atoms with Crippen molar-refractivity contribution in [3.8, 4) is 0 Å². The zero-order valence-corrected chi connectivity index (χ0v) is 15.9. The normalized spacial score (nSPS) is 20.9. The summed E-state index contributed by atoms with van der Waals surface area (Å²) < 4.78 is 5.65. The van der Waals surface area contributed by atoms with Gasteiger partial charge in [0.15, 0.2) is 0 Å². The first-order chi connectivity index (χ1) is 11.3. The van der Waals surface area contributed by atoms with Crippen molar-refractivity contribution < 1.29 is 9.53 Å². The van der Waals surface area contributed by atoms with E-state index in [2.05, 4.69) is 5.32 Å². The molecule has 0 saturated heterocycles. The van der Waals surface area contributed by atoms with Crippen molar-refractivity contribution >= 4 is 17.7 Å². The summed E-state index contributed by atoms with van der Waals surface area (Å²) in [5.41, 5.74) is 0.690. The molecule has 5 heteroatoms. The van der Waals surface area contributed by atoms with E-state index in [1.807, 2.05) is 57.0 Å². The number of hydrogen-bond acceptors (Lipinski definition) is 3. The number of benzene rings is 1. The number of carbonyl (C=O) groups is 1. The van der Waals surface area contributed by atoms with Crippen LogP contribution in [0, 0.1) is 0 Å². The molecule has 2 rings (SSSR count). The second kappa shape index (κ2) is 8.21. The van der Waals surface area contributed by atoms with Crippen molar-refractivity contribution in [3.05, 3.63) is 34.9 Å². The van der Waals surface area contributed by atoms with Crippen molar-refractivity contribution in [1.82, 2.24) is 10.2 Å². The third-order valence-corrected chi connectivity index (χ3v) is 4.69. The van der Waals surface area contributed by atoms with Crippen LogP contribution in [0.15, 0.2) is 24.3 Å². The van der Waals surface area contributed by atoms with E-state index in [4.69, 9.17) is 16.3 Å². The average molecular weight is 353 g/mol. The Labute approximate surface area is 150 Å². The van der Waals surface area contributed by atoms with Crippen LogP contribution in [0.1, 0.15) is 45.6 Å². The summed E-state index contributed by atoms with van der Waals surface area (Å²) in [5.74, 6) is 0. The molecule has 4 nitrogen and oxygen atoms in total. The lowest BCUT2D eigenvalue weighted by Crippen LogP contribution is -2.50. The Bertz CT molecular complexity index is 539. The van der Waals surface area contributed by atoms with E-state index in [0.29, 0.717) is 12.6 Å². The van der Waals surface area contributed by atoms with Crippen LogP contribution < -0.4 is 5.32 Å². The maximum atomic E-state index is 12.7. The number of ether oxygens (including phenoxy) is 1. The van der Waals surface area contributed by atoms with Crippen LogP contribution in [0.25, 0.3) is 0 Å². The van der Waals surface area contributed by atoms with Gasteiger partial charge in [0.2, 0.25) is 0 Å². The largest absolute Gasteiger partial charge is 0.444 e. The number of likely N-dealkylation sites (N-methyl/N-ethyl adjacent to an activating group) is 1. The number of nitrogens with one attached hydrogen (secondary N) is 1. The number of amides is 1. The zero-order chi connectivity index (χ0) is 17.7. The quantitative estimate of drug-likeness (QED) is 0.860. The first-order valence-corrected chi connectivity index (χ1v) is 9.09. The van der Waals surface area contributed by atoms with Gasteiger partial charge in [0.05, 0.1) is 6.04 Å². The predicted octanol–water partition coefficient (Wildman–Crippen LogP) is 4.26. The van der Waals surface area contributed by atoms with Crippen molar-refractivity contribution in [3.63, 3.8) is 0 Å². The Kier molecular flexibility index (Phi) is 6.53. The number of carbonyl (C=O) groups excluding carboxylic acids is 1. The van der Waals surface area contributed by atoms with Crippen molar-refractivity contribution in [1.29, 1.82) is 0 Å². The molecule has 1 aromatic rings. The molecular formula is C19H29ClN2O2. The second-order valence-electron chi connectivity index (χ2n) is 7.44. The molecule has 0 aromatic heterocycles. The highest BCUT2D eigenvalue weighted by Crippen LogP contribution is 2.26. The molecule has 2 unspecified atom stereocenters. The molecule has 1 fully saturated rings. The molecule has 1 N–H and O–H groups in total. The lowest BCUT2D eigenvalue weighted by atomic mass is 10.1. The lowest BCUT2D eigenvalue weighted by Gasteiger charge is -2.34. The predicted molar refractivity (Wildman–Crippen MR) is 98.6 cm³/mol. The number of rotatable bonds is 5. The lowest BCUT2D eigenvalue weighted by molar-refractivity contribution is 0.0145. The van der Waals surface area contributed by atoms with Crippen molar-refractivity contribution in [2.24, 2.45) is 0 Å². The molecule has 1 aliphatic rings. The molecule has 0 heterocycles. The van der Waals surface area contributed by atoms with E-state index in [1.54, 1.807) is 0 Å². The fraction of sp³-hybridized carbons (Fsp3) is 0.632. The van der Waals surface area contributed by atoms with Crippen LogP contribution in [-0.4, -0.2) is 42.3 Å². The molecule has 0 bridgehead atoms. The summed E-state index contributed by atoms with van der Waals surface area (Å²) in [6.45, 7) is 6.38. The van der Waals surface area contributed by atoms with Gasteiger partial charge >= 0.3 is 6.09 Å². The Balaban J connectivity index is 2.09. The first-order valence-electron chi connectivity index (χ1n) is 8.71. The Morgan fingerprint density at radius 2 is 1.96 bits per heavy atom. The SMILES string of the molecule is CNC1CCCC1N(CCc1ccc(Cl)cc1)C(=O)OC(C)(C)C. The smallest absolute Gasteiger partial charge is 0.410 e. The van der Waals surface area contributed by atoms with Crippen LogP contribution in [0.4, 0.5) is 4.79 Å². The Hall–Kier alpha value is -1.26. The standard InChI is InChI=1S/C19H29ClN2O2/c1-19(2,3)24-18(23)22(17-7-5-6-16(17)21-4)13-12-14-8-10-15(20)11-9-14/h8-11,16-17,21H,5-7,12-13H2,1-4H3. The van der Waals surface area contributed by atoms with Crippen molar-refractivity contribution in [2.45, 2.75) is 64.1 Å². The monoisotopic (exact) mass is 352 g/mol. The molecule has 2 atom stereocenters. The zero-order valence-electron chi connectivity index (χ0n) is 15.1. The second-order valence-corrected chi connectivity index (χ2v) is 7.88. The van der Waals surface area contributed by atoms with E-state index < -0.39 is 5.60 Å². The van der Waals surface area contributed by atoms with Gasteiger partial charge in [-0.15, -0.1) is 0 Å². The third-order valence-electron chi connectivity index (χ3n) is 4.43. The van der Waals surface area contributed by atoms with Gasteiger partial charge in [-0.25, -0.2) is 4.79 Å². The van der Waals surface area contributed by atoms with Gasteiger partial charge < -0.3 is 15.0 Å². The van der Waals surface area contributed by atoms with Crippen LogP contribution >= 0.6 is 11.6 Å². The minimum absolute atomic E-state index is 0.192. The summed E-state index contributed by atoms with van der Waals surface area (Å²) in [4.78, 5) is 14.6. The molecule has 1 saturated carbocycles. The molecule has 0 spiro atoms. The van der Waals surface area contributed by atoms with Gasteiger partial charge in [0.25, 0.3) is 0 Å². The summed E-state index contributed by atoms with van der Waals surface area (Å²) >= 11 is 5.95. The van der Waals surface area contributed by atoms with Gasteiger partial charge in [-0.1, -0.05) is 23.7 Å². The third kappa shape index (κ3) is 5.38. The summed E-state index contributed by atoms with van der Waals surface area (Å²) in [7, 11) is 1.97. The minimum Gasteiger partial charge on any atom is -0.444 e. The molecule has 1 aliphatic carbocycles. The molecule has 24 heavy (non-hydrogen) atoms. The molecule has 1 aromatic carbocycles. The average Bonchev–Trinajstić information content (AvgIpc) is 2.96. The van der Waals surface area contributed by atoms with E-state index in [9.17, 15) is 4.79 Å². The summed E-state index contributed by atoms with van der Waals surface area (Å²) in [6.07, 6.45) is 3.83. The van der Waals surface area contributed by atoms with Gasteiger partial charge in [0.1, 0.15) is 5.60 Å². The van der Waals surface area contributed by atoms with Gasteiger partial charge in [-0.05, 0) is 71.2 Å². The Morgan fingerprint density at radius 3 is 2.54 bits per heavy atom. The van der Waals surface area contributed by atoms with E-state index >= 15 is 0 Å². The summed E-state index contributed by atoms with van der Waals surface area (Å²) in [5, 5.41) is 4.08. The maximum Gasteiger partial charge on any atom is 0.410 e. The number of hydrogen-bond donors (Lipinski definition) is 1. The molecule has 0 radical (unpaired) electrons. The van der Waals surface area contributed by atoms with E-state index in [1.165, 1.54) is 5.56 Å². The van der Waals surface area contributed by atoms with Gasteiger partial charge in [-0.3, -0.25) is 0 Å². The van der Waals surface area contributed by atoms with Crippen LogP contribution in [0.3, 0.4) is 0 Å². The molecule has 1 amide bonds. The van der Waals surface area contributed by atoms with Crippen LogP contribution in [-0.2, 0) is 11.2 Å². The minimum atomic E-state index is -0.483. The molecule has 0 aliphatic heterocycles. The first kappa shape index (κ1) is 19.1. The van der Waals surface area contributed by atoms with Gasteiger partial charge in [-0.2, -0.15) is 0 Å². The molecular weight excluding hydrogens is 324 g/mol. The topological polar surface area (TPSA) is 41.6 Å². The molecule has 134 valence electrons. The van der Waals surface area contributed by atoms with Crippen molar-refractivity contribution in [2.75, 3.05) is 13.6 Å².